The lowest BCUT2D eigenvalue weighted by Gasteiger charge is -2.30. The molecule has 28 heavy (non-hydrogen) atoms. The molecule has 1 saturated heterocycles. The van der Waals surface area contributed by atoms with Gasteiger partial charge in [-0.25, -0.2) is 0 Å². The highest BCUT2D eigenvalue weighted by Gasteiger charge is 2.28. The van der Waals surface area contributed by atoms with Gasteiger partial charge in [0, 0.05) is 26.2 Å². The predicted octanol–water partition coefficient (Wildman–Crippen LogP) is 2.96. The SMILES string of the molecule is COCCCN1CCC(c2nnc(-c3cc(Cl)c(N)c4c3OCCO4)o2)CC1. The maximum Gasteiger partial charge on any atom is 0.251 e. The third kappa shape index (κ3) is 3.90. The summed E-state index contributed by atoms with van der Waals surface area (Å²) in [6.45, 7) is 4.76. The molecule has 2 aliphatic rings. The molecule has 0 amide bonds. The van der Waals surface area contributed by atoms with Gasteiger partial charge in [-0.2, -0.15) is 0 Å². The molecule has 152 valence electrons. The van der Waals surface area contributed by atoms with E-state index in [9.17, 15) is 0 Å². The van der Waals surface area contributed by atoms with E-state index in [1.54, 1.807) is 13.2 Å². The number of aromatic nitrogens is 2. The van der Waals surface area contributed by atoms with Crippen LogP contribution in [0.5, 0.6) is 11.5 Å². The van der Waals surface area contributed by atoms with Gasteiger partial charge in [0.15, 0.2) is 11.5 Å². The summed E-state index contributed by atoms with van der Waals surface area (Å²) in [5, 5.41) is 8.91. The molecule has 4 rings (SSSR count). The summed E-state index contributed by atoms with van der Waals surface area (Å²) >= 11 is 6.26. The number of methoxy groups -OCH3 is 1. The number of nitrogens with zero attached hydrogens (tertiary/aromatic N) is 3. The summed E-state index contributed by atoms with van der Waals surface area (Å²) in [6.07, 6.45) is 3.04. The second kappa shape index (κ2) is 8.55. The lowest BCUT2D eigenvalue weighted by molar-refractivity contribution is 0.153. The Kier molecular flexibility index (Phi) is 5.89. The highest BCUT2D eigenvalue weighted by atomic mass is 35.5. The average molecular weight is 409 g/mol. The zero-order valence-corrected chi connectivity index (χ0v) is 16.7. The van der Waals surface area contributed by atoms with Gasteiger partial charge in [0.1, 0.15) is 13.2 Å². The van der Waals surface area contributed by atoms with Crippen molar-refractivity contribution in [3.8, 4) is 23.0 Å². The second-order valence-electron chi connectivity index (χ2n) is 7.08. The summed E-state index contributed by atoms with van der Waals surface area (Å²) in [6, 6.07) is 1.69. The number of fused-ring (bicyclic) bond motifs is 1. The van der Waals surface area contributed by atoms with Crippen LogP contribution in [-0.2, 0) is 4.74 Å². The lowest BCUT2D eigenvalue weighted by atomic mass is 9.97. The molecule has 2 aliphatic heterocycles. The van der Waals surface area contributed by atoms with Gasteiger partial charge in [0.2, 0.25) is 5.89 Å². The van der Waals surface area contributed by atoms with Gasteiger partial charge in [0.05, 0.1) is 16.3 Å². The van der Waals surface area contributed by atoms with E-state index in [2.05, 4.69) is 15.1 Å². The van der Waals surface area contributed by atoms with Gasteiger partial charge in [-0.15, -0.1) is 10.2 Å². The summed E-state index contributed by atoms with van der Waals surface area (Å²) in [5.41, 5.74) is 6.99. The average Bonchev–Trinajstić information content (AvgIpc) is 3.21. The summed E-state index contributed by atoms with van der Waals surface area (Å²) in [4.78, 5) is 2.45. The maximum atomic E-state index is 6.26. The smallest absolute Gasteiger partial charge is 0.251 e. The quantitative estimate of drug-likeness (QED) is 0.575. The highest BCUT2D eigenvalue weighted by molar-refractivity contribution is 6.34. The van der Waals surface area contributed by atoms with Crippen molar-refractivity contribution in [1.82, 2.24) is 15.1 Å². The Labute approximate surface area is 168 Å². The largest absolute Gasteiger partial charge is 0.485 e. The molecule has 0 spiro atoms. The van der Waals surface area contributed by atoms with Crippen molar-refractivity contribution >= 4 is 17.3 Å². The molecule has 1 aromatic heterocycles. The van der Waals surface area contributed by atoms with E-state index in [1.807, 2.05) is 0 Å². The molecule has 0 unspecified atom stereocenters. The number of piperidine rings is 1. The number of nitrogen functional groups attached to an aromatic ring is 1. The van der Waals surface area contributed by atoms with E-state index >= 15 is 0 Å². The van der Waals surface area contributed by atoms with Crippen LogP contribution in [0.2, 0.25) is 5.02 Å². The monoisotopic (exact) mass is 408 g/mol. The minimum Gasteiger partial charge on any atom is -0.485 e. The third-order valence-electron chi connectivity index (χ3n) is 5.23. The first kappa shape index (κ1) is 19.3. The Morgan fingerprint density at radius 1 is 1.21 bits per heavy atom. The van der Waals surface area contributed by atoms with Crippen molar-refractivity contribution in [2.45, 2.75) is 25.2 Å². The molecule has 0 aliphatic carbocycles. The van der Waals surface area contributed by atoms with E-state index in [0.717, 1.165) is 45.5 Å². The fraction of sp³-hybridized carbons (Fsp3) is 0.579. The Balaban J connectivity index is 1.48. The molecule has 0 bridgehead atoms. The standard InChI is InChI=1S/C19H25ClN4O4/c1-25-8-2-5-24-6-3-12(4-7-24)18-22-23-19(28-18)13-11-14(20)15(21)17-16(13)26-9-10-27-17/h11-12H,2-10,21H2,1H3. The Bertz CT molecular complexity index is 821. The first-order chi connectivity index (χ1) is 13.7. The van der Waals surface area contributed by atoms with Gasteiger partial charge < -0.3 is 29.3 Å². The molecular formula is C19H25ClN4O4. The van der Waals surface area contributed by atoms with Crippen LogP contribution >= 0.6 is 11.6 Å². The van der Waals surface area contributed by atoms with E-state index in [4.69, 9.17) is 36.0 Å². The first-order valence-electron chi connectivity index (χ1n) is 9.60. The topological polar surface area (TPSA) is 95.9 Å². The van der Waals surface area contributed by atoms with Crippen LogP contribution in [0.15, 0.2) is 10.5 Å². The second-order valence-corrected chi connectivity index (χ2v) is 7.49. The molecule has 9 heteroatoms. The van der Waals surface area contributed by atoms with Crippen molar-refractivity contribution in [3.05, 3.63) is 17.0 Å². The van der Waals surface area contributed by atoms with E-state index in [0.29, 0.717) is 52.8 Å². The fourth-order valence-corrected chi connectivity index (χ4v) is 3.90. The number of likely N-dealkylation sites (tertiary alicyclic amines) is 1. The lowest BCUT2D eigenvalue weighted by Crippen LogP contribution is -2.34. The normalized spacial score (nSPS) is 17.8. The van der Waals surface area contributed by atoms with Crippen molar-refractivity contribution in [2.24, 2.45) is 0 Å². The first-order valence-corrected chi connectivity index (χ1v) is 9.97. The number of nitrogens with two attached hydrogens (primary N) is 1. The summed E-state index contributed by atoms with van der Waals surface area (Å²) < 4.78 is 22.5. The van der Waals surface area contributed by atoms with Crippen LogP contribution in [0.1, 0.15) is 31.1 Å². The number of benzene rings is 1. The molecule has 0 atom stereocenters. The fourth-order valence-electron chi connectivity index (χ4n) is 3.70. The number of halogens is 1. The van der Waals surface area contributed by atoms with Crippen molar-refractivity contribution < 1.29 is 18.6 Å². The summed E-state index contributed by atoms with van der Waals surface area (Å²) in [7, 11) is 1.74. The molecule has 2 aromatic rings. The maximum absolute atomic E-state index is 6.26. The van der Waals surface area contributed by atoms with Gasteiger partial charge in [0.25, 0.3) is 5.89 Å². The number of ether oxygens (including phenoxy) is 3. The highest BCUT2D eigenvalue weighted by Crippen LogP contribution is 2.47. The third-order valence-corrected chi connectivity index (χ3v) is 5.54. The zero-order valence-electron chi connectivity index (χ0n) is 15.9. The van der Waals surface area contributed by atoms with Crippen molar-refractivity contribution in [1.29, 1.82) is 0 Å². The van der Waals surface area contributed by atoms with Crippen LogP contribution in [-0.4, -0.2) is 61.7 Å². The Hall–Kier alpha value is -2.03. The molecule has 8 nitrogen and oxygen atoms in total. The van der Waals surface area contributed by atoms with Gasteiger partial charge in [-0.05, 0) is 38.4 Å². The predicted molar refractivity (Wildman–Crippen MR) is 105 cm³/mol. The van der Waals surface area contributed by atoms with Crippen LogP contribution in [0.4, 0.5) is 5.69 Å². The molecule has 0 saturated carbocycles. The molecule has 1 aromatic carbocycles. The van der Waals surface area contributed by atoms with E-state index < -0.39 is 0 Å². The molecule has 2 N–H and O–H groups in total. The number of hydrogen-bond donors (Lipinski definition) is 1. The van der Waals surface area contributed by atoms with Crippen molar-refractivity contribution in [2.75, 3.05) is 52.3 Å². The van der Waals surface area contributed by atoms with Gasteiger partial charge in [-0.1, -0.05) is 11.6 Å². The summed E-state index contributed by atoms with van der Waals surface area (Å²) in [5.74, 6) is 2.25. The molecule has 3 heterocycles. The minimum atomic E-state index is 0.261. The minimum absolute atomic E-state index is 0.261. The van der Waals surface area contributed by atoms with E-state index in [1.165, 1.54) is 0 Å². The zero-order chi connectivity index (χ0) is 19.5. The van der Waals surface area contributed by atoms with Gasteiger partial charge >= 0.3 is 0 Å². The number of rotatable bonds is 6. The van der Waals surface area contributed by atoms with Crippen LogP contribution < -0.4 is 15.2 Å². The van der Waals surface area contributed by atoms with Crippen molar-refractivity contribution in [3.63, 3.8) is 0 Å². The molecule has 0 radical (unpaired) electrons. The molecule has 1 fully saturated rings. The number of hydrogen-bond acceptors (Lipinski definition) is 8. The van der Waals surface area contributed by atoms with Crippen LogP contribution in [0.25, 0.3) is 11.5 Å². The Morgan fingerprint density at radius 2 is 1.96 bits per heavy atom. The van der Waals surface area contributed by atoms with Gasteiger partial charge in [-0.3, -0.25) is 0 Å². The van der Waals surface area contributed by atoms with Crippen LogP contribution in [0.3, 0.4) is 0 Å². The van der Waals surface area contributed by atoms with Crippen LogP contribution in [0, 0.1) is 0 Å². The molecular weight excluding hydrogens is 384 g/mol. The Morgan fingerprint density at radius 3 is 2.71 bits per heavy atom. The number of anilines is 1. The van der Waals surface area contributed by atoms with E-state index in [-0.39, 0.29) is 5.92 Å².